The average Bonchev–Trinajstić information content (AvgIpc) is 2.94. The maximum atomic E-state index is 12.6. The van der Waals surface area contributed by atoms with Gasteiger partial charge in [-0.1, -0.05) is 18.6 Å². The number of carbonyl (C=O) groups is 1. The van der Waals surface area contributed by atoms with E-state index in [9.17, 15) is 13.2 Å². The van der Waals surface area contributed by atoms with Gasteiger partial charge >= 0.3 is 5.97 Å². The number of benzene rings is 1. The number of sulfonamides is 1. The lowest BCUT2D eigenvalue weighted by atomic mass is 9.95. The Bertz CT molecular complexity index is 828. The van der Waals surface area contributed by atoms with Crippen LogP contribution in [0.25, 0.3) is 0 Å². The molecule has 2 aliphatic heterocycles. The number of hydrogen-bond donors (Lipinski definition) is 0. The zero-order valence-electron chi connectivity index (χ0n) is 14.8. The van der Waals surface area contributed by atoms with Gasteiger partial charge in [0.2, 0.25) is 0 Å². The number of rotatable bonds is 2. The first-order valence-electron chi connectivity index (χ1n) is 9.44. The SMILES string of the molecule is O=C(OC1CCCCC1)[C@H]1CCCN(C2=NS(=O)(=O)c3ccccc32)C1. The third-order valence-electron chi connectivity index (χ3n) is 5.50. The van der Waals surface area contributed by atoms with Crippen LogP contribution in [0.15, 0.2) is 33.6 Å². The van der Waals surface area contributed by atoms with Crippen LogP contribution in [0.3, 0.4) is 0 Å². The second-order valence-electron chi connectivity index (χ2n) is 7.37. The number of hydrogen-bond acceptors (Lipinski definition) is 5. The van der Waals surface area contributed by atoms with Crippen LogP contribution in [-0.2, 0) is 19.6 Å². The Morgan fingerprint density at radius 2 is 1.85 bits per heavy atom. The molecule has 6 nitrogen and oxygen atoms in total. The topological polar surface area (TPSA) is 76.0 Å². The van der Waals surface area contributed by atoms with Gasteiger partial charge in [0, 0.05) is 18.7 Å². The predicted molar refractivity (Wildman–Crippen MR) is 97.4 cm³/mol. The summed E-state index contributed by atoms with van der Waals surface area (Å²) in [4.78, 5) is 14.8. The zero-order valence-corrected chi connectivity index (χ0v) is 15.6. The summed E-state index contributed by atoms with van der Waals surface area (Å²) in [6.45, 7) is 1.17. The Kier molecular flexibility index (Phi) is 4.73. The van der Waals surface area contributed by atoms with Gasteiger partial charge in [0.15, 0.2) is 5.84 Å². The molecule has 1 aliphatic carbocycles. The normalized spacial score (nSPS) is 25.5. The molecule has 1 aromatic carbocycles. The summed E-state index contributed by atoms with van der Waals surface area (Å²) in [6, 6.07) is 6.88. The van der Waals surface area contributed by atoms with Gasteiger partial charge in [-0.3, -0.25) is 4.79 Å². The Morgan fingerprint density at radius 3 is 2.65 bits per heavy atom. The molecule has 1 saturated heterocycles. The van der Waals surface area contributed by atoms with Gasteiger partial charge in [0.05, 0.1) is 5.92 Å². The highest BCUT2D eigenvalue weighted by molar-refractivity contribution is 7.90. The minimum absolute atomic E-state index is 0.0524. The molecule has 0 radical (unpaired) electrons. The molecule has 3 aliphatic rings. The molecule has 2 fully saturated rings. The highest BCUT2D eigenvalue weighted by Crippen LogP contribution is 2.30. The van der Waals surface area contributed by atoms with Crippen LogP contribution >= 0.6 is 0 Å². The quantitative estimate of drug-likeness (QED) is 0.742. The molecule has 0 amide bonds. The largest absolute Gasteiger partial charge is 0.462 e. The van der Waals surface area contributed by atoms with Gasteiger partial charge in [-0.15, -0.1) is 4.40 Å². The van der Waals surface area contributed by atoms with Gasteiger partial charge in [0.25, 0.3) is 10.0 Å². The van der Waals surface area contributed by atoms with Crippen LogP contribution in [0, 0.1) is 5.92 Å². The number of ether oxygens (including phenoxy) is 1. The fourth-order valence-electron chi connectivity index (χ4n) is 4.12. The first kappa shape index (κ1) is 17.5. The van der Waals surface area contributed by atoms with Crippen molar-refractivity contribution in [2.75, 3.05) is 13.1 Å². The maximum absolute atomic E-state index is 12.6. The first-order chi connectivity index (χ1) is 12.5. The van der Waals surface area contributed by atoms with Gasteiger partial charge < -0.3 is 9.64 Å². The summed E-state index contributed by atoms with van der Waals surface area (Å²) in [5, 5.41) is 0. The average molecular weight is 376 g/mol. The molecule has 2 heterocycles. The van der Waals surface area contributed by atoms with Crippen molar-refractivity contribution in [2.24, 2.45) is 10.3 Å². The minimum Gasteiger partial charge on any atom is -0.462 e. The Balaban J connectivity index is 1.48. The van der Waals surface area contributed by atoms with Crippen LogP contribution < -0.4 is 0 Å². The lowest BCUT2D eigenvalue weighted by Crippen LogP contribution is -2.43. The second-order valence-corrected chi connectivity index (χ2v) is 8.94. The molecular weight excluding hydrogens is 352 g/mol. The molecule has 1 saturated carbocycles. The smallest absolute Gasteiger partial charge is 0.311 e. The van der Waals surface area contributed by atoms with Crippen LogP contribution in [0.4, 0.5) is 0 Å². The Morgan fingerprint density at radius 1 is 1.08 bits per heavy atom. The molecule has 26 heavy (non-hydrogen) atoms. The summed E-state index contributed by atoms with van der Waals surface area (Å²) in [6.07, 6.45) is 7.05. The lowest BCUT2D eigenvalue weighted by Gasteiger charge is -2.34. The van der Waals surface area contributed by atoms with E-state index in [1.54, 1.807) is 18.2 Å². The van der Waals surface area contributed by atoms with E-state index in [0.717, 1.165) is 38.5 Å². The summed E-state index contributed by atoms with van der Waals surface area (Å²) in [5.74, 6) is 0.107. The summed E-state index contributed by atoms with van der Waals surface area (Å²) < 4.78 is 34.3. The summed E-state index contributed by atoms with van der Waals surface area (Å²) in [7, 11) is -3.63. The fraction of sp³-hybridized carbons (Fsp3) is 0.579. The number of piperidine rings is 1. The van der Waals surface area contributed by atoms with Crippen LogP contribution in [0.2, 0.25) is 0 Å². The van der Waals surface area contributed by atoms with Gasteiger partial charge in [-0.05, 0) is 50.7 Å². The molecule has 7 heteroatoms. The predicted octanol–water partition coefficient (Wildman–Crippen LogP) is 2.72. The number of likely N-dealkylation sites (tertiary alicyclic amines) is 1. The molecule has 0 bridgehead atoms. The van der Waals surface area contributed by atoms with Gasteiger partial charge in [-0.2, -0.15) is 8.42 Å². The van der Waals surface area contributed by atoms with Crippen molar-refractivity contribution < 1.29 is 17.9 Å². The van der Waals surface area contributed by atoms with E-state index in [0.29, 0.717) is 24.5 Å². The van der Waals surface area contributed by atoms with Crippen molar-refractivity contribution in [3.8, 4) is 0 Å². The minimum atomic E-state index is -3.63. The number of carbonyl (C=O) groups excluding carboxylic acids is 1. The third kappa shape index (κ3) is 3.37. The van der Waals surface area contributed by atoms with E-state index < -0.39 is 10.0 Å². The van der Waals surface area contributed by atoms with Crippen molar-refractivity contribution >= 4 is 21.8 Å². The maximum Gasteiger partial charge on any atom is 0.311 e. The van der Waals surface area contributed by atoms with E-state index in [4.69, 9.17) is 4.74 Å². The van der Waals surface area contributed by atoms with Crippen LogP contribution in [0.1, 0.15) is 50.5 Å². The Hall–Kier alpha value is -1.89. The molecule has 140 valence electrons. The molecule has 0 N–H and O–H groups in total. The third-order valence-corrected chi connectivity index (χ3v) is 6.83. The zero-order chi connectivity index (χ0) is 18.1. The number of amidine groups is 1. The molecule has 0 aromatic heterocycles. The highest BCUT2D eigenvalue weighted by atomic mass is 32.2. The molecule has 1 atom stereocenters. The van der Waals surface area contributed by atoms with Crippen molar-refractivity contribution in [1.29, 1.82) is 0 Å². The van der Waals surface area contributed by atoms with Crippen LogP contribution in [0.5, 0.6) is 0 Å². The number of esters is 1. The summed E-state index contributed by atoms with van der Waals surface area (Å²) >= 11 is 0. The number of fused-ring (bicyclic) bond motifs is 1. The monoisotopic (exact) mass is 376 g/mol. The van der Waals surface area contributed by atoms with Gasteiger partial charge in [0.1, 0.15) is 11.0 Å². The van der Waals surface area contributed by atoms with E-state index in [-0.39, 0.29) is 22.9 Å². The van der Waals surface area contributed by atoms with E-state index in [1.165, 1.54) is 6.42 Å². The fourth-order valence-corrected chi connectivity index (χ4v) is 5.35. The van der Waals surface area contributed by atoms with E-state index in [1.807, 2.05) is 11.0 Å². The van der Waals surface area contributed by atoms with Crippen molar-refractivity contribution in [3.63, 3.8) is 0 Å². The summed E-state index contributed by atoms with van der Waals surface area (Å²) in [5.41, 5.74) is 0.633. The standard InChI is InChI=1S/C19H24N2O4S/c22-19(25-15-8-2-1-3-9-15)14-7-6-12-21(13-14)18-16-10-4-5-11-17(16)26(23,24)20-18/h4-5,10-11,14-15H,1-3,6-9,12-13H2/t14-/m0/s1. The molecule has 1 aromatic rings. The molecule has 4 rings (SSSR count). The molecular formula is C19H24N2O4S. The van der Waals surface area contributed by atoms with Crippen molar-refractivity contribution in [2.45, 2.75) is 55.9 Å². The second kappa shape index (κ2) is 7.02. The Labute approximate surface area is 154 Å². The molecule has 0 unspecified atom stereocenters. The van der Waals surface area contributed by atoms with E-state index >= 15 is 0 Å². The van der Waals surface area contributed by atoms with Gasteiger partial charge in [-0.25, -0.2) is 0 Å². The number of nitrogens with zero attached hydrogens (tertiary/aromatic N) is 2. The first-order valence-corrected chi connectivity index (χ1v) is 10.9. The van der Waals surface area contributed by atoms with Crippen LogP contribution in [-0.4, -0.2) is 44.3 Å². The molecule has 0 spiro atoms. The lowest BCUT2D eigenvalue weighted by molar-refractivity contribution is -0.156. The van der Waals surface area contributed by atoms with Crippen molar-refractivity contribution in [1.82, 2.24) is 4.90 Å². The highest BCUT2D eigenvalue weighted by Gasteiger charge is 2.36. The van der Waals surface area contributed by atoms with Crippen molar-refractivity contribution in [3.05, 3.63) is 29.8 Å². The van der Waals surface area contributed by atoms with E-state index in [2.05, 4.69) is 4.40 Å².